The fourth-order valence-corrected chi connectivity index (χ4v) is 5.65. The summed E-state index contributed by atoms with van der Waals surface area (Å²) < 4.78 is 17.2. The van der Waals surface area contributed by atoms with Gasteiger partial charge in [0.25, 0.3) is 0 Å². The van der Waals surface area contributed by atoms with Crippen molar-refractivity contribution in [2.45, 2.75) is 161 Å². The minimum atomic E-state index is -0.885. The average molecular weight is 757 g/mol. The second-order valence-electron chi connectivity index (χ2n) is 14.8. The molecule has 0 aromatic carbocycles. The zero-order valence-electron chi connectivity index (χ0n) is 34.9. The Hall–Kier alpha value is -3.23. The van der Waals surface area contributed by atoms with Crippen molar-refractivity contribution >= 4 is 17.9 Å². The number of rotatable bonds is 36. The van der Waals surface area contributed by atoms with Gasteiger partial charge in [-0.2, -0.15) is 0 Å². The molecule has 0 rings (SSSR count). The van der Waals surface area contributed by atoms with Gasteiger partial charge in [-0.25, -0.2) is 4.79 Å². The molecule has 0 heterocycles. The molecule has 8 heteroatoms. The smallest absolute Gasteiger partial charge is 0.362 e. The maximum absolute atomic E-state index is 12.7. The van der Waals surface area contributed by atoms with Gasteiger partial charge < -0.3 is 23.8 Å². The van der Waals surface area contributed by atoms with Gasteiger partial charge in [0.1, 0.15) is 6.61 Å². The number of hydrogen-bond donors (Lipinski definition) is 1. The fourth-order valence-electron chi connectivity index (χ4n) is 5.65. The first-order chi connectivity index (χ1) is 26.1. The van der Waals surface area contributed by atoms with Crippen molar-refractivity contribution in [2.24, 2.45) is 0 Å². The number of esters is 2. The lowest BCUT2D eigenvalue weighted by molar-refractivity contribution is -0.887. The molecule has 1 N–H and O–H groups in total. The second kappa shape index (κ2) is 36.7. The van der Waals surface area contributed by atoms with Gasteiger partial charge in [0.2, 0.25) is 0 Å². The van der Waals surface area contributed by atoms with Gasteiger partial charge in [0.15, 0.2) is 12.1 Å². The first kappa shape index (κ1) is 50.8. The van der Waals surface area contributed by atoms with Crippen molar-refractivity contribution in [3.8, 4) is 0 Å². The van der Waals surface area contributed by atoms with E-state index in [2.05, 4.69) is 86.8 Å². The van der Waals surface area contributed by atoms with Gasteiger partial charge in [0.05, 0.1) is 34.4 Å². The molecule has 0 aliphatic rings. The van der Waals surface area contributed by atoms with Gasteiger partial charge in [-0.1, -0.05) is 125 Å². The topological polar surface area (TPSA) is 99.1 Å². The summed E-state index contributed by atoms with van der Waals surface area (Å²) in [6, 6.07) is -0.624. The van der Waals surface area contributed by atoms with Crippen molar-refractivity contribution in [1.29, 1.82) is 0 Å². The third kappa shape index (κ3) is 34.5. The summed E-state index contributed by atoms with van der Waals surface area (Å²) in [7, 11) is 5.50. The summed E-state index contributed by atoms with van der Waals surface area (Å²) in [5.74, 6) is -1.53. The minimum Gasteiger partial charge on any atom is -0.477 e. The number of hydrogen-bond acceptors (Lipinski definition) is 6. The van der Waals surface area contributed by atoms with E-state index in [0.29, 0.717) is 19.3 Å². The summed E-state index contributed by atoms with van der Waals surface area (Å²) in [4.78, 5) is 36.9. The molecule has 0 aromatic heterocycles. The summed E-state index contributed by atoms with van der Waals surface area (Å²) in [6.07, 6.45) is 45.2. The Balaban J connectivity index is 4.43. The molecule has 0 amide bonds. The van der Waals surface area contributed by atoms with Crippen LogP contribution in [0.4, 0.5) is 0 Å². The van der Waals surface area contributed by atoms with Crippen LogP contribution in [-0.2, 0) is 28.6 Å². The molecule has 0 radical (unpaired) electrons. The molecule has 0 aromatic rings. The van der Waals surface area contributed by atoms with Crippen molar-refractivity contribution in [3.05, 3.63) is 72.9 Å². The van der Waals surface area contributed by atoms with Gasteiger partial charge in [0, 0.05) is 19.3 Å². The number of ether oxygens (including phenoxy) is 3. The Morgan fingerprint density at radius 2 is 0.981 bits per heavy atom. The Bertz CT molecular complexity index is 1110. The van der Waals surface area contributed by atoms with Crippen molar-refractivity contribution in [2.75, 3.05) is 41.0 Å². The van der Waals surface area contributed by atoms with E-state index in [-0.39, 0.29) is 36.2 Å². The molecule has 0 saturated carbocycles. The predicted octanol–water partition coefficient (Wildman–Crippen LogP) is 11.2. The van der Waals surface area contributed by atoms with Gasteiger partial charge in [-0.05, 0) is 77.0 Å². The van der Waals surface area contributed by atoms with E-state index < -0.39 is 18.1 Å². The second-order valence-corrected chi connectivity index (χ2v) is 14.8. The quantitative estimate of drug-likeness (QED) is 0.0294. The Morgan fingerprint density at radius 1 is 0.556 bits per heavy atom. The number of likely N-dealkylation sites (N-methyl/N-ethyl adjacent to an activating group) is 1. The van der Waals surface area contributed by atoms with Crippen molar-refractivity contribution in [3.63, 3.8) is 0 Å². The van der Waals surface area contributed by atoms with E-state index in [1.807, 2.05) is 21.1 Å². The van der Waals surface area contributed by atoms with Crippen LogP contribution in [0.5, 0.6) is 0 Å². The number of carboxylic acids is 1. The zero-order chi connectivity index (χ0) is 40.0. The lowest BCUT2D eigenvalue weighted by Gasteiger charge is -2.31. The first-order valence-corrected chi connectivity index (χ1v) is 21.0. The zero-order valence-corrected chi connectivity index (χ0v) is 34.9. The van der Waals surface area contributed by atoms with E-state index in [1.54, 1.807) is 0 Å². The Kier molecular flexibility index (Phi) is 34.5. The number of carbonyl (C=O) groups is 3. The Labute approximate surface area is 330 Å². The first-order valence-electron chi connectivity index (χ1n) is 21.0. The maximum Gasteiger partial charge on any atom is 0.362 e. The molecule has 0 saturated heterocycles. The van der Waals surface area contributed by atoms with Crippen LogP contribution < -0.4 is 0 Å². The van der Waals surface area contributed by atoms with E-state index in [1.165, 1.54) is 19.3 Å². The number of carbonyl (C=O) groups excluding carboxylic acids is 2. The predicted molar refractivity (Wildman–Crippen MR) is 224 cm³/mol. The standard InChI is InChI=1S/C46H77NO7/c1-6-8-10-12-14-16-18-20-21-22-23-25-27-29-31-33-35-37-45(49)54-42(40-52-39-38-43(46(50)51)47(3,4)5)41-53-44(48)36-34-32-30-28-26-24-19-17-15-13-11-9-7-2/h8-11,14-17,20-21,24,26,42-43H,6-7,12-13,18-19,22-23,25,27-41H2,1-5H3/p+1/b10-8-,11-9-,16-14-,17-15-,21-20-,26-24-. The summed E-state index contributed by atoms with van der Waals surface area (Å²) in [5, 5.41) is 9.61. The molecule has 0 bridgehead atoms. The number of unbranched alkanes of at least 4 members (excludes halogenated alkanes) is 10. The molecular weight excluding hydrogens is 679 g/mol. The van der Waals surface area contributed by atoms with E-state index in [9.17, 15) is 19.5 Å². The highest BCUT2D eigenvalue weighted by atomic mass is 16.6. The maximum atomic E-state index is 12.7. The van der Waals surface area contributed by atoms with E-state index >= 15 is 0 Å². The third-order valence-corrected chi connectivity index (χ3v) is 8.85. The molecule has 0 fully saturated rings. The molecule has 54 heavy (non-hydrogen) atoms. The summed E-state index contributed by atoms with van der Waals surface area (Å²) >= 11 is 0. The highest BCUT2D eigenvalue weighted by Crippen LogP contribution is 2.13. The van der Waals surface area contributed by atoms with Crippen LogP contribution in [0.15, 0.2) is 72.9 Å². The molecular formula is C46H78NO7+. The highest BCUT2D eigenvalue weighted by molar-refractivity contribution is 5.72. The van der Waals surface area contributed by atoms with Crippen LogP contribution in [0.3, 0.4) is 0 Å². The molecule has 2 atom stereocenters. The molecule has 8 nitrogen and oxygen atoms in total. The summed E-state index contributed by atoms with van der Waals surface area (Å²) in [5.41, 5.74) is 0. The lowest BCUT2D eigenvalue weighted by atomic mass is 10.1. The SMILES string of the molecule is CC/C=C\C/C=C\C/C=C\CCCCCCCCCC(=O)OC(COCCC(C(=O)O)[N+](C)(C)C)COC(=O)CCCCC/C=C\C/C=C\C/C=C\CC. The molecule has 0 spiro atoms. The van der Waals surface area contributed by atoms with Gasteiger partial charge in [-0.3, -0.25) is 9.59 Å². The number of nitrogens with zero attached hydrogens (tertiary/aromatic N) is 1. The largest absolute Gasteiger partial charge is 0.477 e. The fraction of sp³-hybridized carbons (Fsp3) is 0.674. The lowest BCUT2D eigenvalue weighted by Crippen LogP contribution is -2.50. The van der Waals surface area contributed by atoms with Crippen LogP contribution in [0.25, 0.3) is 0 Å². The van der Waals surface area contributed by atoms with Crippen LogP contribution >= 0.6 is 0 Å². The minimum absolute atomic E-state index is 0.0436. The van der Waals surface area contributed by atoms with Crippen LogP contribution in [0, 0.1) is 0 Å². The van der Waals surface area contributed by atoms with Crippen LogP contribution in [0.2, 0.25) is 0 Å². The monoisotopic (exact) mass is 757 g/mol. The molecule has 0 aliphatic heterocycles. The number of carboxylic acid groups (broad SMARTS) is 1. The van der Waals surface area contributed by atoms with Crippen LogP contribution in [-0.4, -0.2) is 80.6 Å². The van der Waals surface area contributed by atoms with Gasteiger partial charge in [-0.15, -0.1) is 0 Å². The third-order valence-electron chi connectivity index (χ3n) is 8.85. The number of allylic oxidation sites excluding steroid dienone is 12. The van der Waals surface area contributed by atoms with E-state index in [4.69, 9.17) is 14.2 Å². The molecule has 308 valence electrons. The molecule has 0 aliphatic carbocycles. The Morgan fingerprint density at radius 3 is 1.46 bits per heavy atom. The van der Waals surface area contributed by atoms with E-state index in [0.717, 1.165) is 96.3 Å². The van der Waals surface area contributed by atoms with Crippen LogP contribution in [0.1, 0.15) is 149 Å². The number of aliphatic carboxylic acids is 1. The summed E-state index contributed by atoms with van der Waals surface area (Å²) in [6.45, 7) is 4.45. The van der Waals surface area contributed by atoms with Gasteiger partial charge >= 0.3 is 17.9 Å². The van der Waals surface area contributed by atoms with Crippen molar-refractivity contribution < 1.29 is 38.2 Å². The highest BCUT2D eigenvalue weighted by Gasteiger charge is 2.31. The molecule has 2 unspecified atom stereocenters. The number of quaternary nitrogens is 1. The van der Waals surface area contributed by atoms with Crippen molar-refractivity contribution in [1.82, 2.24) is 0 Å². The average Bonchev–Trinajstić information content (AvgIpc) is 3.12. The normalized spacial score (nSPS) is 13.7.